The Labute approximate surface area is 157 Å². The van der Waals surface area contributed by atoms with Crippen molar-refractivity contribution in [3.8, 4) is 11.8 Å². The molecule has 1 aromatic heterocycles. The summed E-state index contributed by atoms with van der Waals surface area (Å²) in [5, 5.41) is 12.9. The van der Waals surface area contributed by atoms with E-state index in [0.717, 1.165) is 16.9 Å². The van der Waals surface area contributed by atoms with Gasteiger partial charge in [-0.3, -0.25) is 4.79 Å². The van der Waals surface area contributed by atoms with Crippen molar-refractivity contribution in [1.29, 1.82) is 5.26 Å². The van der Waals surface area contributed by atoms with E-state index >= 15 is 0 Å². The maximum atomic E-state index is 12.4. The normalized spacial score (nSPS) is 11.5. The van der Waals surface area contributed by atoms with E-state index in [9.17, 15) is 10.1 Å². The van der Waals surface area contributed by atoms with Crippen LogP contribution < -0.4 is 5.32 Å². The smallest absolute Gasteiger partial charge is 0.238 e. The molecule has 3 aromatic rings. The number of carbonyl (C=O) groups is 1. The number of halogens is 1. The van der Waals surface area contributed by atoms with Crippen LogP contribution in [0.4, 0.5) is 0 Å². The van der Waals surface area contributed by atoms with Gasteiger partial charge < -0.3 is 9.88 Å². The van der Waals surface area contributed by atoms with Crippen molar-refractivity contribution in [2.45, 2.75) is 13.0 Å². The zero-order valence-electron chi connectivity index (χ0n) is 14.1. The predicted molar refractivity (Wildman–Crippen MR) is 102 cm³/mol. The summed E-state index contributed by atoms with van der Waals surface area (Å²) in [4.78, 5) is 12.4. The summed E-state index contributed by atoms with van der Waals surface area (Å²) in [6.45, 7) is 0.410. The van der Waals surface area contributed by atoms with E-state index in [1.807, 2.05) is 77.5 Å². The number of aromatic nitrogens is 1. The first-order valence-electron chi connectivity index (χ1n) is 8.31. The second-order valence-electron chi connectivity index (χ2n) is 5.94. The lowest BCUT2D eigenvalue weighted by molar-refractivity contribution is -0.123. The van der Waals surface area contributed by atoms with Crippen LogP contribution in [0.2, 0.25) is 5.02 Å². The molecule has 26 heavy (non-hydrogen) atoms. The standard InChI is InChI=1S/C21H18ClN3O/c22-18-8-4-9-20(13-18)25-11-5-10-19(25)12-17(14-23)21(26)24-15-16-6-2-1-3-7-16/h1-11,13,17H,12,15H2,(H,24,26)/t17-/m1/s1. The first-order chi connectivity index (χ1) is 12.7. The van der Waals surface area contributed by atoms with Gasteiger partial charge in [0.05, 0.1) is 6.07 Å². The number of amides is 1. The molecule has 1 atom stereocenters. The molecule has 1 N–H and O–H groups in total. The van der Waals surface area contributed by atoms with Gasteiger partial charge in [0.2, 0.25) is 5.91 Å². The van der Waals surface area contributed by atoms with Gasteiger partial charge in [0, 0.05) is 35.6 Å². The van der Waals surface area contributed by atoms with Crippen molar-refractivity contribution >= 4 is 17.5 Å². The minimum Gasteiger partial charge on any atom is -0.351 e. The summed E-state index contributed by atoms with van der Waals surface area (Å²) in [6, 6.07) is 23.0. The van der Waals surface area contributed by atoms with Crippen molar-refractivity contribution in [3.63, 3.8) is 0 Å². The summed E-state index contributed by atoms with van der Waals surface area (Å²) in [7, 11) is 0. The zero-order valence-corrected chi connectivity index (χ0v) is 14.9. The monoisotopic (exact) mass is 363 g/mol. The molecule has 0 aliphatic carbocycles. The highest BCUT2D eigenvalue weighted by molar-refractivity contribution is 6.30. The summed E-state index contributed by atoms with van der Waals surface area (Å²) in [5.41, 5.74) is 2.78. The Bertz CT molecular complexity index is 928. The largest absolute Gasteiger partial charge is 0.351 e. The average Bonchev–Trinajstić information content (AvgIpc) is 3.13. The summed E-state index contributed by atoms with van der Waals surface area (Å²) >= 11 is 6.07. The molecule has 0 radical (unpaired) electrons. The molecule has 1 heterocycles. The minimum atomic E-state index is -0.758. The molecule has 130 valence electrons. The second-order valence-corrected chi connectivity index (χ2v) is 6.38. The Morgan fingerprint density at radius 1 is 1.12 bits per heavy atom. The lowest BCUT2D eigenvalue weighted by atomic mass is 10.0. The molecule has 2 aromatic carbocycles. The molecule has 3 rings (SSSR count). The number of nitrogens with zero attached hydrogens (tertiary/aromatic N) is 2. The van der Waals surface area contributed by atoms with Crippen LogP contribution in [0.1, 0.15) is 11.3 Å². The maximum absolute atomic E-state index is 12.4. The van der Waals surface area contributed by atoms with Crippen molar-refractivity contribution in [1.82, 2.24) is 9.88 Å². The van der Waals surface area contributed by atoms with Gasteiger partial charge in [-0.1, -0.05) is 48.0 Å². The number of carbonyl (C=O) groups excluding carboxylic acids is 1. The SMILES string of the molecule is N#C[C@@H](Cc1cccn1-c1cccc(Cl)c1)C(=O)NCc1ccccc1. The van der Waals surface area contributed by atoms with Crippen LogP contribution in [0.15, 0.2) is 72.9 Å². The van der Waals surface area contributed by atoms with Crippen LogP contribution >= 0.6 is 11.6 Å². The van der Waals surface area contributed by atoms with Crippen LogP contribution in [0.5, 0.6) is 0 Å². The van der Waals surface area contributed by atoms with Crippen molar-refractivity contribution < 1.29 is 4.79 Å². The highest BCUT2D eigenvalue weighted by Crippen LogP contribution is 2.19. The van der Waals surface area contributed by atoms with E-state index < -0.39 is 5.92 Å². The van der Waals surface area contributed by atoms with Crippen LogP contribution in [0, 0.1) is 17.2 Å². The molecule has 0 saturated carbocycles. The molecule has 0 saturated heterocycles. The average molecular weight is 364 g/mol. The first-order valence-corrected chi connectivity index (χ1v) is 8.68. The van der Waals surface area contributed by atoms with Crippen LogP contribution in [0.3, 0.4) is 0 Å². The summed E-state index contributed by atoms with van der Waals surface area (Å²) in [6.07, 6.45) is 2.23. The third kappa shape index (κ3) is 4.33. The lowest BCUT2D eigenvalue weighted by Gasteiger charge is -2.13. The second kappa shape index (κ2) is 8.37. The van der Waals surface area contributed by atoms with Crippen LogP contribution in [0.25, 0.3) is 5.69 Å². The van der Waals surface area contributed by atoms with E-state index in [-0.39, 0.29) is 5.91 Å². The predicted octanol–water partition coefficient (Wildman–Crippen LogP) is 4.13. The number of nitrogens with one attached hydrogen (secondary N) is 1. The number of rotatable bonds is 6. The molecular formula is C21H18ClN3O. The molecule has 0 aliphatic heterocycles. The lowest BCUT2D eigenvalue weighted by Crippen LogP contribution is -2.31. The van der Waals surface area contributed by atoms with E-state index in [1.54, 1.807) is 0 Å². The number of hydrogen-bond donors (Lipinski definition) is 1. The zero-order chi connectivity index (χ0) is 18.4. The molecule has 0 fully saturated rings. The van der Waals surface area contributed by atoms with Gasteiger partial charge in [-0.15, -0.1) is 0 Å². The minimum absolute atomic E-state index is 0.268. The van der Waals surface area contributed by atoms with Gasteiger partial charge >= 0.3 is 0 Å². The van der Waals surface area contributed by atoms with Crippen LogP contribution in [-0.4, -0.2) is 10.5 Å². The summed E-state index contributed by atoms with van der Waals surface area (Å²) in [5.74, 6) is -1.03. The Kier molecular flexibility index (Phi) is 5.73. The molecule has 0 aliphatic rings. The molecule has 4 nitrogen and oxygen atoms in total. The van der Waals surface area contributed by atoms with E-state index in [0.29, 0.717) is 18.0 Å². The molecule has 0 bridgehead atoms. The Hall–Kier alpha value is -3.03. The topological polar surface area (TPSA) is 57.8 Å². The first kappa shape index (κ1) is 17.8. The molecule has 1 amide bonds. The Morgan fingerprint density at radius 2 is 1.92 bits per heavy atom. The Balaban J connectivity index is 1.70. The van der Waals surface area contributed by atoms with Gasteiger partial charge in [0.25, 0.3) is 0 Å². The van der Waals surface area contributed by atoms with Crippen molar-refractivity contribution in [2.75, 3.05) is 0 Å². The quantitative estimate of drug-likeness (QED) is 0.715. The number of hydrogen-bond acceptors (Lipinski definition) is 2. The number of nitriles is 1. The fourth-order valence-electron chi connectivity index (χ4n) is 2.77. The van der Waals surface area contributed by atoms with E-state index in [1.165, 1.54) is 0 Å². The van der Waals surface area contributed by atoms with E-state index in [4.69, 9.17) is 11.6 Å². The third-order valence-corrected chi connectivity index (χ3v) is 4.35. The fourth-order valence-corrected chi connectivity index (χ4v) is 2.96. The highest BCUT2D eigenvalue weighted by Gasteiger charge is 2.20. The summed E-state index contributed by atoms with van der Waals surface area (Å²) < 4.78 is 1.95. The van der Waals surface area contributed by atoms with Crippen LogP contribution in [-0.2, 0) is 17.8 Å². The Morgan fingerprint density at radius 3 is 2.65 bits per heavy atom. The molecule has 5 heteroatoms. The van der Waals surface area contributed by atoms with Gasteiger partial charge in [0.15, 0.2) is 0 Å². The van der Waals surface area contributed by atoms with Crippen molar-refractivity contribution in [3.05, 3.63) is 89.2 Å². The molecule has 0 spiro atoms. The van der Waals surface area contributed by atoms with Gasteiger partial charge in [-0.25, -0.2) is 0 Å². The number of benzene rings is 2. The van der Waals surface area contributed by atoms with Crippen molar-refractivity contribution in [2.24, 2.45) is 5.92 Å². The molecular weight excluding hydrogens is 346 g/mol. The third-order valence-electron chi connectivity index (χ3n) is 4.11. The maximum Gasteiger partial charge on any atom is 0.238 e. The van der Waals surface area contributed by atoms with Gasteiger partial charge in [-0.05, 0) is 35.9 Å². The van der Waals surface area contributed by atoms with Gasteiger partial charge in [0.1, 0.15) is 5.92 Å². The highest BCUT2D eigenvalue weighted by atomic mass is 35.5. The fraction of sp³-hybridized carbons (Fsp3) is 0.143. The van der Waals surface area contributed by atoms with Gasteiger partial charge in [-0.2, -0.15) is 5.26 Å². The van der Waals surface area contributed by atoms with E-state index in [2.05, 4.69) is 11.4 Å². The molecule has 0 unspecified atom stereocenters.